The van der Waals surface area contributed by atoms with E-state index in [9.17, 15) is 4.79 Å². The van der Waals surface area contributed by atoms with Crippen LogP contribution in [0.3, 0.4) is 0 Å². The summed E-state index contributed by atoms with van der Waals surface area (Å²) >= 11 is 0. The molecule has 0 saturated heterocycles. The predicted octanol–water partition coefficient (Wildman–Crippen LogP) is 3.12. The van der Waals surface area contributed by atoms with Crippen LogP contribution in [-0.4, -0.2) is 25.8 Å². The normalized spacial score (nSPS) is 7.60. The Bertz CT molecular complexity index is 478. The van der Waals surface area contributed by atoms with E-state index in [0.29, 0.717) is 19.5 Å². The second kappa shape index (κ2) is 24.6. The van der Waals surface area contributed by atoms with Crippen molar-refractivity contribution in [1.29, 1.82) is 0 Å². The molecule has 0 amide bonds. The first-order valence-electron chi connectivity index (χ1n) is 7.17. The molecule has 6 heteroatoms. The number of hydrogen-bond donors (Lipinski definition) is 0. The Morgan fingerprint density at radius 2 is 1.28 bits per heavy atom. The number of ether oxygens (including phenoxy) is 2. The zero-order valence-corrected chi connectivity index (χ0v) is 16.5. The van der Waals surface area contributed by atoms with Gasteiger partial charge in [0.2, 0.25) is 6.29 Å². The van der Waals surface area contributed by atoms with Crippen molar-refractivity contribution >= 4 is 6.29 Å². The summed E-state index contributed by atoms with van der Waals surface area (Å²) in [5.74, 6) is 4.75. The fourth-order valence-electron chi connectivity index (χ4n) is 1.74. The first-order chi connectivity index (χ1) is 11.5. The van der Waals surface area contributed by atoms with Crippen LogP contribution in [0.15, 0.2) is 18.2 Å². The summed E-state index contributed by atoms with van der Waals surface area (Å²) in [6.07, 6.45) is -0.0411. The van der Waals surface area contributed by atoms with Gasteiger partial charge in [0.15, 0.2) is 6.29 Å². The van der Waals surface area contributed by atoms with E-state index in [1.54, 1.807) is 0 Å². The molecule has 25 heavy (non-hydrogen) atoms. The number of carbonyl (C=O) groups is 1. The van der Waals surface area contributed by atoms with Crippen LogP contribution in [0.2, 0.25) is 0 Å². The molecule has 0 aromatic heterocycles. The maximum atomic E-state index is 9.83. The predicted molar refractivity (Wildman–Crippen MR) is 89.4 cm³/mol. The van der Waals surface area contributed by atoms with E-state index >= 15 is 0 Å². The zero-order chi connectivity index (χ0) is 19.4. The Morgan fingerprint density at radius 1 is 0.960 bits per heavy atom. The van der Waals surface area contributed by atoms with Gasteiger partial charge in [0.05, 0.1) is 0 Å². The van der Waals surface area contributed by atoms with E-state index in [1.165, 1.54) is 16.7 Å². The maximum absolute atomic E-state index is 9.83. The van der Waals surface area contributed by atoms with Crippen LogP contribution in [0.25, 0.3) is 0 Å². The number of rotatable bonds is 4. The molecule has 1 aromatic carbocycles. The number of aryl methyl sites for hydroxylation is 3. The van der Waals surface area contributed by atoms with E-state index in [2.05, 4.69) is 64.1 Å². The smallest absolute Gasteiger partial charge is 0 e. The summed E-state index contributed by atoms with van der Waals surface area (Å²) in [5, 5.41) is 0. The van der Waals surface area contributed by atoms with Crippen molar-refractivity contribution in [2.75, 3.05) is 13.2 Å². The molecule has 5 nitrogen and oxygen atoms in total. The minimum absolute atomic E-state index is 0. The van der Waals surface area contributed by atoms with Crippen LogP contribution in [0.4, 0.5) is 0 Å². The maximum Gasteiger partial charge on any atom is 0 e. The molecule has 0 aliphatic carbocycles. The van der Waals surface area contributed by atoms with Crippen LogP contribution < -0.4 is 0 Å². The van der Waals surface area contributed by atoms with E-state index in [4.69, 9.17) is 18.8 Å². The Kier molecular flexibility index (Phi) is 30.7. The molecule has 0 fully saturated rings. The SMILES string of the molecule is CCOC(C#CC=O)OCC.Cc1cc(C)cc(C)c1.[C-]#[O+].[C-]#[O+].[Cr]. The van der Waals surface area contributed by atoms with Gasteiger partial charge in [-0.2, -0.15) is 0 Å². The van der Waals surface area contributed by atoms with Gasteiger partial charge in [-0.3, -0.25) is 4.79 Å². The summed E-state index contributed by atoms with van der Waals surface area (Å²) < 4.78 is 25.1. The number of hydrogen-bond acceptors (Lipinski definition) is 3. The van der Waals surface area contributed by atoms with Gasteiger partial charge in [0.1, 0.15) is 0 Å². The van der Waals surface area contributed by atoms with E-state index in [-0.39, 0.29) is 17.4 Å². The second-order valence-corrected chi connectivity index (χ2v) is 4.31. The van der Waals surface area contributed by atoms with Crippen molar-refractivity contribution in [3.63, 3.8) is 0 Å². The average Bonchev–Trinajstić information content (AvgIpc) is 2.56. The van der Waals surface area contributed by atoms with Gasteiger partial charge < -0.3 is 9.47 Å². The zero-order valence-electron chi connectivity index (χ0n) is 15.3. The minimum atomic E-state index is -0.560. The molecule has 0 heterocycles. The van der Waals surface area contributed by atoms with Crippen molar-refractivity contribution < 1.29 is 40.9 Å². The van der Waals surface area contributed by atoms with Crippen molar-refractivity contribution in [1.82, 2.24) is 0 Å². The van der Waals surface area contributed by atoms with Crippen LogP contribution >= 0.6 is 0 Å². The third kappa shape index (κ3) is 22.4. The first kappa shape index (κ1) is 31.2. The molecule has 0 N–H and O–H groups in total. The molecule has 136 valence electrons. The van der Waals surface area contributed by atoms with Crippen LogP contribution in [0, 0.1) is 45.9 Å². The molecule has 0 unspecified atom stereocenters. The van der Waals surface area contributed by atoms with Crippen LogP contribution in [0.5, 0.6) is 0 Å². The van der Waals surface area contributed by atoms with Gasteiger partial charge >= 0.3 is 22.6 Å². The molecule has 0 bridgehead atoms. The molecule has 0 spiro atoms. The van der Waals surface area contributed by atoms with Gasteiger partial charge in [-0.25, -0.2) is 0 Å². The molecule has 1 aromatic rings. The summed E-state index contributed by atoms with van der Waals surface area (Å²) in [6, 6.07) is 6.56. The quantitative estimate of drug-likeness (QED) is 0.263. The number of aldehydes is 1. The molecule has 0 saturated carbocycles. The van der Waals surface area contributed by atoms with Gasteiger partial charge in [0.25, 0.3) is 0 Å². The van der Waals surface area contributed by atoms with Gasteiger partial charge in [-0.05, 0) is 46.5 Å². The number of benzene rings is 1. The van der Waals surface area contributed by atoms with Crippen molar-refractivity contribution in [3.05, 3.63) is 48.2 Å². The Labute approximate surface area is 161 Å². The summed E-state index contributed by atoms with van der Waals surface area (Å²) in [6.45, 7) is 20.1. The summed E-state index contributed by atoms with van der Waals surface area (Å²) in [5.41, 5.74) is 4.06. The van der Waals surface area contributed by atoms with E-state index in [0.717, 1.165) is 0 Å². The van der Waals surface area contributed by atoms with Crippen LogP contribution in [0.1, 0.15) is 30.5 Å². The van der Waals surface area contributed by atoms with Crippen molar-refractivity contribution in [3.8, 4) is 11.8 Å². The molecule has 1 rings (SSSR count). The standard InChI is InChI=1S/C9H12.C8H12O3.2CO.Cr/c1-7-4-8(2)6-9(3)5-7;1-3-10-8(11-4-2)6-5-7-9;2*1-2;/h4-6H,1-3H3;7-8H,3-4H2,1-2H3;;;. The molecular weight excluding hydrogens is 360 g/mol. The van der Waals surface area contributed by atoms with Crippen molar-refractivity contribution in [2.24, 2.45) is 0 Å². The minimum Gasteiger partial charge on any atom is 0 e. The molecule has 0 radical (unpaired) electrons. The van der Waals surface area contributed by atoms with Crippen molar-refractivity contribution in [2.45, 2.75) is 40.9 Å². The topological polar surface area (TPSA) is 75.3 Å². The molecule has 0 aliphatic heterocycles. The monoisotopic (exact) mass is 384 g/mol. The third-order valence-electron chi connectivity index (χ3n) is 2.26. The average molecular weight is 384 g/mol. The van der Waals surface area contributed by atoms with Crippen LogP contribution in [-0.2, 0) is 40.9 Å². The van der Waals surface area contributed by atoms with Gasteiger partial charge in [0, 0.05) is 30.6 Å². The third-order valence-corrected chi connectivity index (χ3v) is 2.26. The molecule has 0 aliphatic rings. The summed E-state index contributed by atoms with van der Waals surface area (Å²) in [4.78, 5) is 9.83. The molecule has 0 atom stereocenters. The Hall–Kier alpha value is -1.62. The molecular formula is C19H24CrO5. The Balaban J connectivity index is -0.000000143. The first-order valence-corrected chi connectivity index (χ1v) is 7.17. The van der Waals surface area contributed by atoms with Gasteiger partial charge in [-0.15, -0.1) is 0 Å². The number of carbonyl (C=O) groups excluding carboxylic acids is 1. The second-order valence-electron chi connectivity index (χ2n) is 4.31. The Morgan fingerprint density at radius 3 is 1.52 bits per heavy atom. The van der Waals surface area contributed by atoms with E-state index < -0.39 is 6.29 Å². The largest absolute Gasteiger partial charge is 0 e. The fraction of sp³-hybridized carbons (Fsp3) is 0.421. The fourth-order valence-corrected chi connectivity index (χ4v) is 1.74. The summed E-state index contributed by atoms with van der Waals surface area (Å²) in [7, 11) is 0. The van der Waals surface area contributed by atoms with E-state index in [1.807, 2.05) is 13.8 Å². The van der Waals surface area contributed by atoms with Gasteiger partial charge in [-0.1, -0.05) is 34.9 Å².